The molecule has 0 bridgehead atoms. The zero-order valence-corrected chi connectivity index (χ0v) is 21.9. The van der Waals surface area contributed by atoms with Crippen LogP contribution in [0.3, 0.4) is 0 Å². The topological polar surface area (TPSA) is 84.3 Å². The van der Waals surface area contributed by atoms with Crippen molar-refractivity contribution >= 4 is 21.4 Å². The molecule has 1 saturated heterocycles. The SMILES string of the molecule is Cc1ccc(C)c(NC(=O)C(c2ccccc2)N(C)Cc2c(C)nn(C3CCS(=O)(=O)C3)c2C)c1. The second kappa shape index (κ2) is 9.95. The number of benzene rings is 2. The number of aryl methyl sites for hydroxylation is 3. The standard InChI is InChI=1S/C27H34N4O3S/c1-18-11-12-19(2)25(15-18)28-27(32)26(22-9-7-6-8-10-22)30(5)16-24-20(3)29-31(21(24)4)23-13-14-35(33,34)17-23/h6-12,15,23,26H,13-14,16-17H2,1-5H3,(H,28,32). The van der Waals surface area contributed by atoms with Crippen LogP contribution in [-0.2, 0) is 21.2 Å². The van der Waals surface area contributed by atoms with Gasteiger partial charge in [0.15, 0.2) is 9.84 Å². The van der Waals surface area contributed by atoms with Gasteiger partial charge in [-0.3, -0.25) is 14.4 Å². The Morgan fingerprint density at radius 3 is 2.51 bits per heavy atom. The minimum absolute atomic E-state index is 0.100. The number of nitrogens with one attached hydrogen (secondary N) is 1. The highest BCUT2D eigenvalue weighted by molar-refractivity contribution is 7.91. The first-order valence-corrected chi connectivity index (χ1v) is 13.8. The van der Waals surface area contributed by atoms with Gasteiger partial charge in [0.25, 0.3) is 0 Å². The fourth-order valence-electron chi connectivity index (χ4n) is 4.90. The summed E-state index contributed by atoms with van der Waals surface area (Å²) in [6.45, 7) is 8.44. The van der Waals surface area contributed by atoms with Crippen molar-refractivity contribution in [2.45, 2.75) is 52.7 Å². The van der Waals surface area contributed by atoms with Crippen LogP contribution in [0.15, 0.2) is 48.5 Å². The van der Waals surface area contributed by atoms with Gasteiger partial charge < -0.3 is 5.32 Å². The van der Waals surface area contributed by atoms with E-state index in [1.807, 2.05) is 92.9 Å². The summed E-state index contributed by atoms with van der Waals surface area (Å²) in [5.74, 6) is 0.242. The summed E-state index contributed by atoms with van der Waals surface area (Å²) in [6, 6.07) is 15.2. The molecule has 1 aromatic heterocycles. The molecule has 8 heteroatoms. The highest BCUT2D eigenvalue weighted by Gasteiger charge is 2.32. The summed E-state index contributed by atoms with van der Waals surface area (Å²) in [5.41, 5.74) is 6.66. The first-order chi connectivity index (χ1) is 16.6. The van der Waals surface area contributed by atoms with Crippen molar-refractivity contribution in [3.05, 3.63) is 82.2 Å². The number of nitrogens with zero attached hydrogens (tertiary/aromatic N) is 3. The van der Waals surface area contributed by atoms with Crippen molar-refractivity contribution in [2.24, 2.45) is 0 Å². The van der Waals surface area contributed by atoms with Crippen molar-refractivity contribution in [2.75, 3.05) is 23.9 Å². The van der Waals surface area contributed by atoms with Crippen LogP contribution in [0.1, 0.15) is 52.1 Å². The highest BCUT2D eigenvalue weighted by Crippen LogP contribution is 2.30. The van der Waals surface area contributed by atoms with E-state index >= 15 is 0 Å². The maximum absolute atomic E-state index is 13.6. The number of carbonyl (C=O) groups excluding carboxylic acids is 1. The monoisotopic (exact) mass is 494 g/mol. The number of rotatable bonds is 7. The van der Waals surface area contributed by atoms with E-state index in [0.717, 1.165) is 39.3 Å². The fraction of sp³-hybridized carbons (Fsp3) is 0.407. The minimum Gasteiger partial charge on any atom is -0.324 e. The molecule has 0 saturated carbocycles. The van der Waals surface area contributed by atoms with Crippen LogP contribution in [0.5, 0.6) is 0 Å². The summed E-state index contributed by atoms with van der Waals surface area (Å²) in [6.07, 6.45) is 0.588. The third-order valence-corrected chi connectivity index (χ3v) is 8.64. The highest BCUT2D eigenvalue weighted by atomic mass is 32.2. The van der Waals surface area contributed by atoms with E-state index in [4.69, 9.17) is 5.10 Å². The molecule has 4 rings (SSSR count). The molecule has 2 aromatic carbocycles. The zero-order valence-electron chi connectivity index (χ0n) is 21.1. The first-order valence-electron chi connectivity index (χ1n) is 11.9. The Morgan fingerprint density at radius 2 is 1.86 bits per heavy atom. The minimum atomic E-state index is -3.01. The van der Waals surface area contributed by atoms with E-state index in [1.54, 1.807) is 0 Å². The number of carbonyl (C=O) groups is 1. The quantitative estimate of drug-likeness (QED) is 0.530. The fourth-order valence-corrected chi connectivity index (χ4v) is 6.60. The first kappa shape index (κ1) is 25.1. The normalized spacial score (nSPS) is 18.1. The Hall–Kier alpha value is -2.97. The maximum atomic E-state index is 13.6. The Labute approximate surface area is 208 Å². The van der Waals surface area contributed by atoms with Gasteiger partial charge in [-0.25, -0.2) is 8.42 Å². The van der Waals surface area contributed by atoms with Crippen molar-refractivity contribution < 1.29 is 13.2 Å². The van der Waals surface area contributed by atoms with E-state index in [2.05, 4.69) is 5.32 Å². The Balaban J connectivity index is 1.62. The zero-order chi connectivity index (χ0) is 25.3. The number of aromatic nitrogens is 2. The lowest BCUT2D eigenvalue weighted by atomic mass is 10.0. The molecule has 2 unspecified atom stereocenters. The molecule has 1 fully saturated rings. The molecule has 0 spiro atoms. The second-order valence-electron chi connectivity index (χ2n) is 9.69. The van der Waals surface area contributed by atoms with Crippen LogP contribution in [0.2, 0.25) is 0 Å². The molecule has 186 valence electrons. The van der Waals surface area contributed by atoms with Crippen LogP contribution in [0.4, 0.5) is 5.69 Å². The van der Waals surface area contributed by atoms with E-state index in [-0.39, 0.29) is 23.5 Å². The lowest BCUT2D eigenvalue weighted by Gasteiger charge is -2.28. The van der Waals surface area contributed by atoms with Crippen LogP contribution < -0.4 is 5.32 Å². The summed E-state index contributed by atoms with van der Waals surface area (Å²) in [5, 5.41) is 7.84. The van der Waals surface area contributed by atoms with E-state index < -0.39 is 15.9 Å². The molecule has 3 aromatic rings. The number of sulfone groups is 1. The predicted molar refractivity (Wildman–Crippen MR) is 139 cm³/mol. The van der Waals surface area contributed by atoms with E-state index in [0.29, 0.717) is 13.0 Å². The number of anilines is 1. The molecule has 0 radical (unpaired) electrons. The Bertz CT molecular complexity index is 1330. The molecular formula is C27H34N4O3S. The van der Waals surface area contributed by atoms with Crippen molar-refractivity contribution in [3.63, 3.8) is 0 Å². The molecular weight excluding hydrogens is 460 g/mol. The van der Waals surface area contributed by atoms with Gasteiger partial charge in [-0.2, -0.15) is 5.10 Å². The molecule has 2 atom stereocenters. The van der Waals surface area contributed by atoms with Crippen LogP contribution in [0, 0.1) is 27.7 Å². The van der Waals surface area contributed by atoms with Crippen LogP contribution in [0.25, 0.3) is 0 Å². The molecule has 0 aliphatic carbocycles. The van der Waals surface area contributed by atoms with Gasteiger partial charge in [0.05, 0.1) is 23.2 Å². The van der Waals surface area contributed by atoms with Gasteiger partial charge in [0.1, 0.15) is 6.04 Å². The third-order valence-electron chi connectivity index (χ3n) is 6.89. The average molecular weight is 495 g/mol. The molecule has 1 N–H and O–H groups in total. The van der Waals surface area contributed by atoms with E-state index in [9.17, 15) is 13.2 Å². The van der Waals surface area contributed by atoms with Gasteiger partial charge in [-0.15, -0.1) is 0 Å². The van der Waals surface area contributed by atoms with Gasteiger partial charge in [-0.05, 0) is 63.9 Å². The van der Waals surface area contributed by atoms with Crippen LogP contribution in [-0.4, -0.2) is 47.6 Å². The number of hydrogen-bond acceptors (Lipinski definition) is 5. The Kier molecular flexibility index (Phi) is 7.15. The summed E-state index contributed by atoms with van der Waals surface area (Å²) < 4.78 is 25.9. The molecule has 7 nitrogen and oxygen atoms in total. The third kappa shape index (κ3) is 5.49. The lowest BCUT2D eigenvalue weighted by Crippen LogP contribution is -2.35. The summed E-state index contributed by atoms with van der Waals surface area (Å²) >= 11 is 0. The second-order valence-corrected chi connectivity index (χ2v) is 11.9. The summed E-state index contributed by atoms with van der Waals surface area (Å²) in [4.78, 5) is 15.7. The number of likely N-dealkylation sites (N-methyl/N-ethyl adjacent to an activating group) is 1. The Morgan fingerprint density at radius 1 is 1.14 bits per heavy atom. The van der Waals surface area contributed by atoms with Crippen molar-refractivity contribution in [1.82, 2.24) is 14.7 Å². The summed E-state index contributed by atoms with van der Waals surface area (Å²) in [7, 11) is -1.07. The van der Waals surface area contributed by atoms with Crippen LogP contribution >= 0.6 is 0 Å². The molecule has 1 amide bonds. The van der Waals surface area contributed by atoms with Gasteiger partial charge >= 0.3 is 0 Å². The van der Waals surface area contributed by atoms with Gasteiger partial charge in [0, 0.05) is 23.5 Å². The maximum Gasteiger partial charge on any atom is 0.246 e. The van der Waals surface area contributed by atoms with E-state index in [1.165, 1.54) is 0 Å². The smallest absolute Gasteiger partial charge is 0.246 e. The molecule has 2 heterocycles. The number of hydrogen-bond donors (Lipinski definition) is 1. The van der Waals surface area contributed by atoms with Crippen molar-refractivity contribution in [1.29, 1.82) is 0 Å². The van der Waals surface area contributed by atoms with Gasteiger partial charge in [0.2, 0.25) is 5.91 Å². The number of amides is 1. The van der Waals surface area contributed by atoms with Gasteiger partial charge in [-0.1, -0.05) is 42.5 Å². The lowest BCUT2D eigenvalue weighted by molar-refractivity contribution is -0.121. The average Bonchev–Trinajstić information content (AvgIpc) is 3.30. The molecule has 1 aliphatic heterocycles. The largest absolute Gasteiger partial charge is 0.324 e. The predicted octanol–water partition coefficient (Wildman–Crippen LogP) is 4.29. The molecule has 1 aliphatic rings. The van der Waals surface area contributed by atoms with Crippen molar-refractivity contribution in [3.8, 4) is 0 Å². The molecule has 35 heavy (non-hydrogen) atoms.